The predicted octanol–water partition coefficient (Wildman–Crippen LogP) is 5.10. The molecule has 1 aromatic heterocycles. The third kappa shape index (κ3) is 2.04. The molecule has 2 aliphatic heterocycles. The van der Waals surface area contributed by atoms with E-state index in [1.165, 1.54) is 43.4 Å². The summed E-state index contributed by atoms with van der Waals surface area (Å²) in [6, 6.07) is 6.71. The second kappa shape index (κ2) is 5.18. The molecule has 1 aromatic carbocycles. The second-order valence-electron chi connectivity index (χ2n) is 5.54. The van der Waals surface area contributed by atoms with E-state index >= 15 is 0 Å². The average Bonchev–Trinajstić information content (AvgIpc) is 3.14. The predicted molar refractivity (Wildman–Crippen MR) is 95.0 cm³/mol. The summed E-state index contributed by atoms with van der Waals surface area (Å²) in [5.74, 6) is 0. The van der Waals surface area contributed by atoms with Gasteiger partial charge in [0.15, 0.2) is 5.17 Å². The van der Waals surface area contributed by atoms with Crippen molar-refractivity contribution in [1.82, 2.24) is 4.90 Å². The number of nitrogens with zero attached hydrogens (tertiary/aromatic N) is 2. The number of rotatable bonds is 3. The number of aryl methyl sites for hydroxylation is 1. The van der Waals surface area contributed by atoms with Crippen LogP contribution in [-0.2, 0) is 0 Å². The summed E-state index contributed by atoms with van der Waals surface area (Å²) in [5, 5.41) is 4.91. The molecule has 0 saturated carbocycles. The Labute approximate surface area is 133 Å². The molecule has 0 atom stereocenters. The van der Waals surface area contributed by atoms with Crippen LogP contribution in [0.25, 0.3) is 15.8 Å². The summed E-state index contributed by atoms with van der Waals surface area (Å²) >= 11 is 3.73. The molecule has 4 heteroatoms. The van der Waals surface area contributed by atoms with Crippen LogP contribution in [-0.4, -0.2) is 23.2 Å². The highest BCUT2D eigenvalue weighted by Gasteiger charge is 2.33. The summed E-state index contributed by atoms with van der Waals surface area (Å²) < 4.78 is 1.39. The normalized spacial score (nSPS) is 17.8. The van der Waals surface area contributed by atoms with Crippen molar-refractivity contribution in [3.05, 3.63) is 39.6 Å². The number of hydrogen-bond donors (Lipinski definition) is 0. The molecule has 0 saturated heterocycles. The lowest BCUT2D eigenvalue weighted by Crippen LogP contribution is -2.20. The minimum atomic E-state index is 0.934. The Morgan fingerprint density at radius 1 is 1.33 bits per heavy atom. The Balaban J connectivity index is 1.94. The lowest BCUT2D eigenvalue weighted by Gasteiger charge is -2.18. The number of thiophene rings is 1. The molecule has 4 rings (SSSR count). The topological polar surface area (TPSA) is 15.6 Å². The highest BCUT2D eigenvalue weighted by molar-refractivity contribution is 8.17. The van der Waals surface area contributed by atoms with E-state index < -0.39 is 0 Å². The van der Waals surface area contributed by atoms with Gasteiger partial charge in [-0.15, -0.1) is 11.3 Å². The number of hydrogen-bond acceptors (Lipinski definition) is 4. The molecule has 0 spiro atoms. The van der Waals surface area contributed by atoms with E-state index in [1.54, 1.807) is 0 Å². The highest BCUT2D eigenvalue weighted by Crippen LogP contribution is 2.46. The van der Waals surface area contributed by atoms with E-state index in [0.29, 0.717) is 0 Å². The van der Waals surface area contributed by atoms with E-state index in [4.69, 9.17) is 0 Å². The van der Waals surface area contributed by atoms with Crippen molar-refractivity contribution in [2.45, 2.75) is 26.7 Å². The molecule has 0 radical (unpaired) electrons. The molecule has 2 aromatic rings. The fourth-order valence-electron chi connectivity index (χ4n) is 3.17. The largest absolute Gasteiger partial charge is 0.318 e. The monoisotopic (exact) mass is 314 g/mol. The Kier molecular flexibility index (Phi) is 3.31. The zero-order chi connectivity index (χ0) is 14.4. The minimum absolute atomic E-state index is 0.934. The average molecular weight is 314 g/mol. The molecule has 0 amide bonds. The van der Waals surface area contributed by atoms with Gasteiger partial charge in [-0.2, -0.15) is 0 Å². The first-order valence-electron chi connectivity index (χ1n) is 7.49. The van der Waals surface area contributed by atoms with Crippen molar-refractivity contribution in [3.63, 3.8) is 0 Å². The van der Waals surface area contributed by atoms with Gasteiger partial charge in [-0.05, 0) is 30.4 Å². The molecular formula is C17H18N2S2. The number of aliphatic imine (C=N–C) groups is 1. The summed E-state index contributed by atoms with van der Waals surface area (Å²) in [7, 11) is 0. The molecular weight excluding hydrogens is 296 g/mol. The minimum Gasteiger partial charge on any atom is -0.318 e. The number of allylic oxidation sites excluding steroid dienone is 1. The first-order chi connectivity index (χ1) is 10.3. The third-order valence-corrected chi connectivity index (χ3v) is 6.31. The molecule has 21 heavy (non-hydrogen) atoms. The number of fused-ring (bicyclic) bond motifs is 2. The van der Waals surface area contributed by atoms with Gasteiger partial charge in [-0.25, -0.2) is 0 Å². The summed E-state index contributed by atoms with van der Waals surface area (Å²) in [5.41, 5.74) is 4.21. The molecule has 0 bridgehead atoms. The van der Waals surface area contributed by atoms with Gasteiger partial charge in [-0.3, -0.25) is 4.99 Å². The smallest absolute Gasteiger partial charge is 0.168 e. The molecule has 2 nitrogen and oxygen atoms in total. The van der Waals surface area contributed by atoms with E-state index in [0.717, 1.165) is 19.5 Å². The van der Waals surface area contributed by atoms with Gasteiger partial charge in [0.05, 0.1) is 12.2 Å². The van der Waals surface area contributed by atoms with E-state index in [2.05, 4.69) is 47.3 Å². The zero-order valence-corrected chi connectivity index (χ0v) is 14.0. The first kappa shape index (κ1) is 13.4. The van der Waals surface area contributed by atoms with Gasteiger partial charge in [-0.1, -0.05) is 37.2 Å². The van der Waals surface area contributed by atoms with Crippen LogP contribution in [0.5, 0.6) is 0 Å². The van der Waals surface area contributed by atoms with E-state index in [-0.39, 0.29) is 0 Å². The first-order valence-corrected chi connectivity index (χ1v) is 9.19. The van der Waals surface area contributed by atoms with Crippen molar-refractivity contribution >= 4 is 44.0 Å². The maximum atomic E-state index is 4.66. The van der Waals surface area contributed by atoms with Crippen LogP contribution in [0.3, 0.4) is 0 Å². The quantitative estimate of drug-likeness (QED) is 0.783. The van der Waals surface area contributed by atoms with Crippen LogP contribution in [0, 0.1) is 6.92 Å². The lowest BCUT2D eigenvalue weighted by molar-refractivity contribution is 0.646. The molecule has 108 valence electrons. The number of thioether (sulfide) groups is 1. The number of amidine groups is 1. The Morgan fingerprint density at radius 2 is 2.24 bits per heavy atom. The fourth-order valence-corrected chi connectivity index (χ4v) is 5.43. The third-order valence-electron chi connectivity index (χ3n) is 4.07. The molecule has 0 fully saturated rings. The Bertz CT molecular complexity index is 770. The fraction of sp³-hybridized carbons (Fsp3) is 0.353. The van der Waals surface area contributed by atoms with Crippen molar-refractivity contribution in [2.75, 3.05) is 13.1 Å². The van der Waals surface area contributed by atoms with Crippen LogP contribution in [0.1, 0.15) is 30.9 Å². The van der Waals surface area contributed by atoms with Crippen molar-refractivity contribution in [3.8, 4) is 0 Å². The molecule has 0 unspecified atom stereocenters. The van der Waals surface area contributed by atoms with E-state index in [1.807, 2.05) is 23.1 Å². The molecule has 0 N–H and O–H groups in total. The molecule has 2 aliphatic rings. The zero-order valence-electron chi connectivity index (χ0n) is 12.3. The second-order valence-corrected chi connectivity index (χ2v) is 7.51. The van der Waals surface area contributed by atoms with Gasteiger partial charge in [0.1, 0.15) is 0 Å². The van der Waals surface area contributed by atoms with Gasteiger partial charge < -0.3 is 4.90 Å². The Hall–Kier alpha value is -1.26. The Morgan fingerprint density at radius 3 is 3.10 bits per heavy atom. The van der Waals surface area contributed by atoms with E-state index in [9.17, 15) is 0 Å². The SMILES string of the molecule is CCCC1=C(c2cccc3scc(C)c23)N2CCN=C2S1. The molecule has 3 heterocycles. The van der Waals surface area contributed by atoms with Crippen molar-refractivity contribution < 1.29 is 0 Å². The van der Waals surface area contributed by atoms with Crippen LogP contribution in [0.2, 0.25) is 0 Å². The maximum absolute atomic E-state index is 4.66. The van der Waals surface area contributed by atoms with Crippen molar-refractivity contribution in [1.29, 1.82) is 0 Å². The highest BCUT2D eigenvalue weighted by atomic mass is 32.2. The van der Waals surface area contributed by atoms with Crippen LogP contribution in [0.15, 0.2) is 33.5 Å². The van der Waals surface area contributed by atoms with Crippen molar-refractivity contribution in [2.24, 2.45) is 4.99 Å². The lowest BCUT2D eigenvalue weighted by atomic mass is 10.0. The van der Waals surface area contributed by atoms with Gasteiger partial charge in [0.25, 0.3) is 0 Å². The van der Waals surface area contributed by atoms with Gasteiger partial charge >= 0.3 is 0 Å². The summed E-state index contributed by atoms with van der Waals surface area (Å²) in [4.78, 5) is 8.59. The van der Waals surface area contributed by atoms with Crippen LogP contribution >= 0.6 is 23.1 Å². The molecule has 0 aliphatic carbocycles. The van der Waals surface area contributed by atoms with Crippen LogP contribution in [0.4, 0.5) is 0 Å². The maximum Gasteiger partial charge on any atom is 0.168 e. The summed E-state index contributed by atoms with van der Waals surface area (Å²) in [6.07, 6.45) is 2.33. The number of benzene rings is 1. The van der Waals surface area contributed by atoms with Gasteiger partial charge in [0.2, 0.25) is 0 Å². The van der Waals surface area contributed by atoms with Crippen LogP contribution < -0.4 is 0 Å². The van der Waals surface area contributed by atoms with Gasteiger partial charge in [0, 0.05) is 27.1 Å². The standard InChI is InChI=1S/C17H18N2S2/c1-3-5-14-16(19-9-8-18-17(19)21-14)12-6-4-7-13-15(12)11(2)10-20-13/h4,6-7,10H,3,5,8-9H2,1-2H3. The summed E-state index contributed by atoms with van der Waals surface area (Å²) in [6.45, 7) is 6.45.